The number of hydrogen-bond donors (Lipinski definition) is 0. The number of para-hydroxylation sites is 1. The molecule has 1 unspecified atom stereocenters. The van der Waals surface area contributed by atoms with Gasteiger partial charge >= 0.3 is 0 Å². The number of fused-ring (bicyclic) bond motifs is 1. The summed E-state index contributed by atoms with van der Waals surface area (Å²) in [6.07, 6.45) is 6.78. The quantitative estimate of drug-likeness (QED) is 0.690. The molecule has 1 aromatic carbocycles. The van der Waals surface area contributed by atoms with Crippen molar-refractivity contribution in [1.82, 2.24) is 14.4 Å². The Morgan fingerprint density at radius 1 is 1.21 bits per heavy atom. The van der Waals surface area contributed by atoms with Crippen molar-refractivity contribution in [1.29, 1.82) is 0 Å². The lowest BCUT2D eigenvalue weighted by Crippen LogP contribution is -2.40. The normalized spacial score (nSPS) is 19.7. The summed E-state index contributed by atoms with van der Waals surface area (Å²) < 4.78 is 2.21. The van der Waals surface area contributed by atoms with Crippen molar-refractivity contribution in [3.05, 3.63) is 40.9 Å². The SMILES string of the molecule is CCC(C)n1cc(C=C2SC(=O)N(CC(=O)N3CCCC3)C2=O)c2ccccc21. The lowest BCUT2D eigenvalue weighted by atomic mass is 10.1. The third-order valence-corrected chi connectivity index (χ3v) is 6.66. The van der Waals surface area contributed by atoms with Crippen molar-refractivity contribution < 1.29 is 14.4 Å². The molecule has 0 radical (unpaired) electrons. The van der Waals surface area contributed by atoms with E-state index in [2.05, 4.69) is 24.5 Å². The van der Waals surface area contributed by atoms with Gasteiger partial charge in [0.05, 0.1) is 4.91 Å². The average molecular weight is 412 g/mol. The van der Waals surface area contributed by atoms with E-state index in [9.17, 15) is 14.4 Å². The van der Waals surface area contributed by atoms with E-state index >= 15 is 0 Å². The summed E-state index contributed by atoms with van der Waals surface area (Å²) in [5, 5.41) is 0.673. The lowest BCUT2D eigenvalue weighted by molar-refractivity contribution is -0.135. The number of carbonyl (C=O) groups is 3. The Morgan fingerprint density at radius 2 is 1.93 bits per heavy atom. The van der Waals surface area contributed by atoms with Gasteiger partial charge in [0.25, 0.3) is 11.1 Å². The van der Waals surface area contributed by atoms with Gasteiger partial charge in [0.15, 0.2) is 0 Å². The van der Waals surface area contributed by atoms with Crippen molar-refractivity contribution in [3.63, 3.8) is 0 Å². The fourth-order valence-electron chi connectivity index (χ4n) is 3.89. The summed E-state index contributed by atoms with van der Waals surface area (Å²) in [6, 6.07) is 8.40. The molecule has 0 saturated carbocycles. The third kappa shape index (κ3) is 3.71. The van der Waals surface area contributed by atoms with Gasteiger partial charge in [-0.3, -0.25) is 19.3 Å². The predicted molar refractivity (Wildman–Crippen MR) is 115 cm³/mol. The van der Waals surface area contributed by atoms with Crippen LogP contribution in [-0.4, -0.2) is 51.1 Å². The minimum absolute atomic E-state index is 0.153. The molecule has 4 rings (SSSR count). The number of likely N-dealkylation sites (tertiary alicyclic amines) is 1. The Balaban J connectivity index is 1.61. The molecule has 6 nitrogen and oxygen atoms in total. The van der Waals surface area contributed by atoms with Crippen LogP contribution in [0.5, 0.6) is 0 Å². The van der Waals surface area contributed by atoms with Crippen LogP contribution >= 0.6 is 11.8 Å². The number of aromatic nitrogens is 1. The van der Waals surface area contributed by atoms with Crippen LogP contribution < -0.4 is 0 Å². The van der Waals surface area contributed by atoms with E-state index in [1.54, 1.807) is 11.0 Å². The minimum atomic E-state index is -0.382. The fraction of sp³-hybridized carbons (Fsp3) is 0.409. The number of nitrogens with zero attached hydrogens (tertiary/aromatic N) is 3. The zero-order valence-electron chi connectivity index (χ0n) is 16.8. The first-order chi connectivity index (χ1) is 14.0. The summed E-state index contributed by atoms with van der Waals surface area (Å²) in [5.74, 6) is -0.535. The first-order valence-corrected chi connectivity index (χ1v) is 10.9. The van der Waals surface area contributed by atoms with Gasteiger partial charge in [-0.25, -0.2) is 0 Å². The van der Waals surface area contributed by atoms with Gasteiger partial charge in [0.1, 0.15) is 6.54 Å². The maximum atomic E-state index is 12.8. The van der Waals surface area contributed by atoms with E-state index in [0.717, 1.165) is 52.4 Å². The summed E-state index contributed by atoms with van der Waals surface area (Å²) in [5.41, 5.74) is 2.02. The molecule has 2 aromatic rings. The number of thioether (sulfide) groups is 1. The number of carbonyl (C=O) groups excluding carboxylic acids is 3. The fourth-order valence-corrected chi connectivity index (χ4v) is 4.72. The molecular formula is C22H25N3O3S. The summed E-state index contributed by atoms with van der Waals surface area (Å²) >= 11 is 0.912. The van der Waals surface area contributed by atoms with E-state index in [1.807, 2.05) is 24.4 Å². The number of hydrogen-bond acceptors (Lipinski definition) is 4. The molecule has 2 saturated heterocycles. The van der Waals surface area contributed by atoms with Crippen LogP contribution in [0.4, 0.5) is 4.79 Å². The Morgan fingerprint density at radius 3 is 2.66 bits per heavy atom. The van der Waals surface area contributed by atoms with Crippen LogP contribution in [0.25, 0.3) is 17.0 Å². The third-order valence-electron chi connectivity index (χ3n) is 5.75. The van der Waals surface area contributed by atoms with Gasteiger partial charge in [-0.1, -0.05) is 25.1 Å². The molecule has 2 aliphatic heterocycles. The molecule has 0 aliphatic carbocycles. The Kier molecular flexibility index (Phi) is 5.50. The molecular weight excluding hydrogens is 386 g/mol. The summed E-state index contributed by atoms with van der Waals surface area (Å²) in [4.78, 5) is 40.8. The van der Waals surface area contributed by atoms with Gasteiger partial charge < -0.3 is 9.47 Å². The highest BCUT2D eigenvalue weighted by atomic mass is 32.2. The zero-order valence-corrected chi connectivity index (χ0v) is 17.6. The maximum Gasteiger partial charge on any atom is 0.294 e. The van der Waals surface area contributed by atoms with Crippen LogP contribution in [0, 0.1) is 0 Å². The average Bonchev–Trinajstić information content (AvgIpc) is 3.44. The highest BCUT2D eigenvalue weighted by Crippen LogP contribution is 2.35. The smallest absolute Gasteiger partial charge is 0.294 e. The number of benzene rings is 1. The van der Waals surface area contributed by atoms with Crippen LogP contribution in [0.15, 0.2) is 35.4 Å². The van der Waals surface area contributed by atoms with Crippen molar-refractivity contribution in [3.8, 4) is 0 Å². The molecule has 1 aromatic heterocycles. The zero-order chi connectivity index (χ0) is 20.5. The minimum Gasteiger partial charge on any atom is -0.344 e. The monoisotopic (exact) mass is 411 g/mol. The molecule has 3 heterocycles. The maximum absolute atomic E-state index is 12.8. The molecule has 3 amide bonds. The largest absolute Gasteiger partial charge is 0.344 e. The van der Waals surface area contributed by atoms with Crippen molar-refractivity contribution >= 4 is 45.8 Å². The number of amides is 3. The molecule has 0 spiro atoms. The summed E-state index contributed by atoms with van der Waals surface area (Å²) in [6.45, 7) is 5.55. The second-order valence-electron chi connectivity index (χ2n) is 7.62. The summed E-state index contributed by atoms with van der Waals surface area (Å²) in [7, 11) is 0. The molecule has 0 bridgehead atoms. The number of imide groups is 1. The van der Waals surface area contributed by atoms with Gasteiger partial charge in [-0.15, -0.1) is 0 Å². The molecule has 2 fully saturated rings. The van der Waals surface area contributed by atoms with Crippen molar-refractivity contribution in [2.45, 2.75) is 39.2 Å². The van der Waals surface area contributed by atoms with Gasteiger partial charge in [0, 0.05) is 41.8 Å². The van der Waals surface area contributed by atoms with Gasteiger partial charge in [-0.2, -0.15) is 0 Å². The lowest BCUT2D eigenvalue weighted by Gasteiger charge is -2.18. The number of rotatable bonds is 5. The van der Waals surface area contributed by atoms with E-state index in [4.69, 9.17) is 0 Å². The Labute approximate surface area is 174 Å². The molecule has 2 aliphatic rings. The van der Waals surface area contributed by atoms with E-state index in [0.29, 0.717) is 24.0 Å². The van der Waals surface area contributed by atoms with Crippen molar-refractivity contribution in [2.75, 3.05) is 19.6 Å². The topological polar surface area (TPSA) is 62.6 Å². The molecule has 1 atom stereocenters. The van der Waals surface area contributed by atoms with E-state index in [1.165, 1.54) is 0 Å². The predicted octanol–water partition coefficient (Wildman–Crippen LogP) is 4.27. The van der Waals surface area contributed by atoms with E-state index < -0.39 is 0 Å². The second-order valence-corrected chi connectivity index (χ2v) is 8.62. The highest BCUT2D eigenvalue weighted by Gasteiger charge is 2.37. The molecule has 152 valence electrons. The molecule has 0 N–H and O–H groups in total. The van der Waals surface area contributed by atoms with Crippen LogP contribution in [0.1, 0.15) is 44.7 Å². The highest BCUT2D eigenvalue weighted by molar-refractivity contribution is 8.18. The molecule has 7 heteroatoms. The standard InChI is InChI=1S/C22H25N3O3S/c1-3-15(2)24-13-16(17-8-4-5-9-18(17)24)12-19-21(27)25(22(28)29-19)14-20(26)23-10-6-7-11-23/h4-5,8-9,12-13,15H,3,6-7,10-11,14H2,1-2H3. The van der Waals surface area contributed by atoms with Crippen LogP contribution in [-0.2, 0) is 9.59 Å². The van der Waals surface area contributed by atoms with Crippen LogP contribution in [0.3, 0.4) is 0 Å². The Hall–Kier alpha value is -2.54. The second kappa shape index (κ2) is 8.06. The van der Waals surface area contributed by atoms with Crippen LogP contribution in [0.2, 0.25) is 0 Å². The molecule has 29 heavy (non-hydrogen) atoms. The first kappa shape index (κ1) is 19.8. The first-order valence-electron chi connectivity index (χ1n) is 10.1. The Bertz CT molecular complexity index is 1000. The van der Waals surface area contributed by atoms with Crippen molar-refractivity contribution in [2.24, 2.45) is 0 Å². The van der Waals surface area contributed by atoms with Gasteiger partial charge in [-0.05, 0) is 50.1 Å². The van der Waals surface area contributed by atoms with Gasteiger partial charge in [0.2, 0.25) is 5.91 Å². The van der Waals surface area contributed by atoms with E-state index in [-0.39, 0.29) is 23.6 Å².